The lowest BCUT2D eigenvalue weighted by molar-refractivity contribution is 0.414. The van der Waals surface area contributed by atoms with Crippen LogP contribution in [0.5, 0.6) is 0 Å². The highest BCUT2D eigenvalue weighted by atomic mass is 16.1. The molecule has 140 valence electrons. The molecule has 2 aromatic carbocycles. The molecule has 1 aliphatic heterocycles. The highest BCUT2D eigenvalue weighted by Gasteiger charge is 2.20. The molecule has 0 atom stereocenters. The molecule has 0 spiro atoms. The maximum Gasteiger partial charge on any atom is 0.323 e. The molecule has 1 saturated heterocycles. The molecule has 0 radical (unpaired) electrons. The van der Waals surface area contributed by atoms with E-state index in [0.717, 1.165) is 30.7 Å². The van der Waals surface area contributed by atoms with Gasteiger partial charge in [0.05, 0.1) is 11.0 Å². The lowest BCUT2D eigenvalue weighted by Crippen LogP contribution is -2.42. The Bertz CT molecular complexity index is 1010. The predicted molar refractivity (Wildman–Crippen MR) is 109 cm³/mol. The summed E-state index contributed by atoms with van der Waals surface area (Å²) in [4.78, 5) is 19.5. The number of anilines is 1. The highest BCUT2D eigenvalue weighted by Crippen LogP contribution is 2.28. The topological polar surface area (TPSA) is 63.9 Å². The van der Waals surface area contributed by atoms with Crippen LogP contribution in [-0.4, -0.2) is 29.1 Å². The Hall–Kier alpha value is -2.53. The van der Waals surface area contributed by atoms with Crippen molar-refractivity contribution in [3.05, 3.63) is 63.6 Å². The Morgan fingerprint density at radius 1 is 0.963 bits per heavy atom. The van der Waals surface area contributed by atoms with Crippen molar-refractivity contribution in [2.24, 2.45) is 0 Å². The molecular weight excluding hydrogens is 336 g/mol. The largest absolute Gasteiger partial charge is 0.371 e. The van der Waals surface area contributed by atoms with Crippen LogP contribution in [-0.2, 0) is 19.4 Å². The van der Waals surface area contributed by atoms with E-state index in [0.29, 0.717) is 6.04 Å². The summed E-state index contributed by atoms with van der Waals surface area (Å²) in [5, 5.41) is 3.69. The molecule has 1 aromatic heterocycles. The molecule has 1 aliphatic carbocycles. The number of hydrogen-bond donors (Lipinski definition) is 3. The number of benzene rings is 2. The van der Waals surface area contributed by atoms with E-state index in [1.165, 1.54) is 43.4 Å². The van der Waals surface area contributed by atoms with Gasteiger partial charge in [-0.2, -0.15) is 0 Å². The number of imidazole rings is 1. The van der Waals surface area contributed by atoms with Gasteiger partial charge in [0.25, 0.3) is 0 Å². The van der Waals surface area contributed by atoms with Crippen LogP contribution >= 0.6 is 0 Å². The Balaban J connectivity index is 1.17. The summed E-state index contributed by atoms with van der Waals surface area (Å²) in [5.74, 6) is 0. The summed E-state index contributed by atoms with van der Waals surface area (Å²) in [6, 6.07) is 13.7. The van der Waals surface area contributed by atoms with Crippen molar-refractivity contribution in [3.8, 4) is 0 Å². The Kier molecular flexibility index (Phi) is 4.24. The van der Waals surface area contributed by atoms with E-state index >= 15 is 0 Å². The van der Waals surface area contributed by atoms with Crippen molar-refractivity contribution in [3.63, 3.8) is 0 Å². The monoisotopic (exact) mass is 362 g/mol. The minimum absolute atomic E-state index is 0.144. The van der Waals surface area contributed by atoms with Crippen LogP contribution in [0.15, 0.2) is 41.2 Å². The molecule has 2 heterocycles. The molecule has 2 aliphatic rings. The molecular formula is C22H26N4O. The number of aromatic amines is 2. The zero-order chi connectivity index (χ0) is 18.2. The van der Waals surface area contributed by atoms with Crippen LogP contribution in [0.2, 0.25) is 0 Å². The van der Waals surface area contributed by atoms with Crippen LogP contribution < -0.4 is 15.9 Å². The van der Waals surface area contributed by atoms with Gasteiger partial charge in [-0.25, -0.2) is 4.79 Å². The van der Waals surface area contributed by atoms with Gasteiger partial charge in [-0.3, -0.25) is 0 Å². The standard InChI is InChI=1S/C22H26N4O/c27-22-24-20-7-4-15(12-21(20)25-22)14-23-18-8-10-26(11-9-18)19-6-5-16-2-1-3-17(16)13-19/h4-7,12-13,18,23H,1-3,8-11,14H2,(H2,24,25,27). The van der Waals surface area contributed by atoms with Crippen LogP contribution in [0.1, 0.15) is 36.0 Å². The molecule has 0 unspecified atom stereocenters. The molecule has 0 bridgehead atoms. The number of fused-ring (bicyclic) bond motifs is 2. The summed E-state index contributed by atoms with van der Waals surface area (Å²) in [6.07, 6.45) is 6.15. The Morgan fingerprint density at radius 3 is 2.67 bits per heavy atom. The summed E-state index contributed by atoms with van der Waals surface area (Å²) in [5.41, 5.74) is 7.32. The van der Waals surface area contributed by atoms with E-state index in [4.69, 9.17) is 0 Å². The summed E-state index contributed by atoms with van der Waals surface area (Å²) < 4.78 is 0. The van der Waals surface area contributed by atoms with Gasteiger partial charge in [0.1, 0.15) is 0 Å². The van der Waals surface area contributed by atoms with Gasteiger partial charge in [0.2, 0.25) is 0 Å². The molecule has 0 saturated carbocycles. The first-order valence-corrected chi connectivity index (χ1v) is 10.1. The number of nitrogens with one attached hydrogen (secondary N) is 3. The SMILES string of the molecule is O=c1[nH]c2ccc(CNC3CCN(c4ccc5c(c4)CCC5)CC3)cc2[nH]1. The van der Waals surface area contributed by atoms with Gasteiger partial charge in [-0.1, -0.05) is 12.1 Å². The van der Waals surface area contributed by atoms with Gasteiger partial charge in [-0.05, 0) is 73.1 Å². The van der Waals surface area contributed by atoms with Crippen LogP contribution in [0, 0.1) is 0 Å². The van der Waals surface area contributed by atoms with Crippen LogP contribution in [0.25, 0.3) is 11.0 Å². The maximum atomic E-state index is 11.4. The molecule has 3 aromatic rings. The smallest absolute Gasteiger partial charge is 0.323 e. The summed E-state index contributed by atoms with van der Waals surface area (Å²) in [6.45, 7) is 3.06. The molecule has 27 heavy (non-hydrogen) atoms. The molecule has 5 nitrogen and oxygen atoms in total. The van der Waals surface area contributed by atoms with Gasteiger partial charge >= 0.3 is 5.69 Å². The molecule has 5 heteroatoms. The quantitative estimate of drug-likeness (QED) is 0.668. The van der Waals surface area contributed by atoms with Crippen LogP contribution in [0.3, 0.4) is 0 Å². The lowest BCUT2D eigenvalue weighted by Gasteiger charge is -2.34. The fraction of sp³-hybridized carbons (Fsp3) is 0.409. The summed E-state index contributed by atoms with van der Waals surface area (Å²) in [7, 11) is 0. The first-order chi connectivity index (χ1) is 13.2. The average molecular weight is 362 g/mol. The fourth-order valence-corrected chi connectivity index (χ4v) is 4.55. The number of aryl methyl sites for hydroxylation is 2. The Labute approximate surface area is 158 Å². The summed E-state index contributed by atoms with van der Waals surface area (Å²) >= 11 is 0. The first kappa shape index (κ1) is 16.6. The van der Waals surface area contributed by atoms with Crippen molar-refractivity contribution in [2.75, 3.05) is 18.0 Å². The third-order valence-corrected chi connectivity index (χ3v) is 6.12. The number of nitrogens with zero attached hydrogens (tertiary/aromatic N) is 1. The van der Waals surface area contributed by atoms with E-state index < -0.39 is 0 Å². The van der Waals surface area contributed by atoms with E-state index in [1.807, 2.05) is 6.07 Å². The molecule has 0 amide bonds. The van der Waals surface area contributed by atoms with Gasteiger partial charge in [0.15, 0.2) is 0 Å². The second-order valence-electron chi connectivity index (χ2n) is 7.91. The van der Waals surface area contributed by atoms with Crippen LogP contribution in [0.4, 0.5) is 5.69 Å². The van der Waals surface area contributed by atoms with E-state index in [2.05, 4.69) is 50.5 Å². The molecule has 5 rings (SSSR count). The van der Waals surface area contributed by atoms with Crippen molar-refractivity contribution in [1.82, 2.24) is 15.3 Å². The minimum Gasteiger partial charge on any atom is -0.371 e. The number of piperidine rings is 1. The predicted octanol–water partition coefficient (Wildman–Crippen LogP) is 3.10. The van der Waals surface area contributed by atoms with Crippen molar-refractivity contribution >= 4 is 16.7 Å². The van der Waals surface area contributed by atoms with E-state index in [-0.39, 0.29) is 5.69 Å². The third-order valence-electron chi connectivity index (χ3n) is 6.12. The van der Waals surface area contributed by atoms with Gasteiger partial charge in [0, 0.05) is 31.4 Å². The fourth-order valence-electron chi connectivity index (χ4n) is 4.55. The number of hydrogen-bond acceptors (Lipinski definition) is 3. The zero-order valence-corrected chi connectivity index (χ0v) is 15.6. The van der Waals surface area contributed by atoms with Gasteiger partial charge < -0.3 is 20.2 Å². The second kappa shape index (κ2) is 6.89. The lowest BCUT2D eigenvalue weighted by atomic mass is 10.0. The average Bonchev–Trinajstić information content (AvgIpc) is 3.31. The molecule has 3 N–H and O–H groups in total. The highest BCUT2D eigenvalue weighted by molar-refractivity contribution is 5.74. The minimum atomic E-state index is -0.144. The normalized spacial score (nSPS) is 17.6. The zero-order valence-electron chi connectivity index (χ0n) is 15.6. The first-order valence-electron chi connectivity index (χ1n) is 10.1. The number of rotatable bonds is 4. The van der Waals surface area contributed by atoms with Gasteiger partial charge in [-0.15, -0.1) is 0 Å². The van der Waals surface area contributed by atoms with E-state index in [9.17, 15) is 4.79 Å². The van der Waals surface area contributed by atoms with Crippen molar-refractivity contribution in [2.45, 2.75) is 44.7 Å². The number of aromatic nitrogens is 2. The molecule has 1 fully saturated rings. The van der Waals surface area contributed by atoms with Crippen molar-refractivity contribution in [1.29, 1.82) is 0 Å². The second-order valence-corrected chi connectivity index (χ2v) is 7.91. The third kappa shape index (κ3) is 3.39. The maximum absolute atomic E-state index is 11.4. The number of H-pyrrole nitrogens is 2. The Morgan fingerprint density at radius 2 is 1.78 bits per heavy atom. The van der Waals surface area contributed by atoms with E-state index in [1.54, 1.807) is 11.1 Å². The van der Waals surface area contributed by atoms with Crippen molar-refractivity contribution < 1.29 is 0 Å².